The maximum atomic E-state index is 12.6. The Labute approximate surface area is 177 Å². The van der Waals surface area contributed by atoms with Gasteiger partial charge in [-0.15, -0.1) is 0 Å². The standard InChI is InChI=1S/C20H24BrN3O5/c1-4-24-11-12(3)18(26)17(19(24)27)23-20(28)22-15(10-16(25)29-5-2)13-7-6-8-14(21)9-13/h6-9,11,15,26H,4-5,10H2,1-3H3,(H2,22,23,28). The van der Waals surface area contributed by atoms with E-state index in [2.05, 4.69) is 26.6 Å². The van der Waals surface area contributed by atoms with Crippen molar-refractivity contribution < 1.29 is 19.4 Å². The number of ether oxygens (including phenoxy) is 1. The van der Waals surface area contributed by atoms with E-state index in [1.807, 2.05) is 6.07 Å². The highest BCUT2D eigenvalue weighted by molar-refractivity contribution is 9.10. The quantitative estimate of drug-likeness (QED) is 0.542. The van der Waals surface area contributed by atoms with Gasteiger partial charge >= 0.3 is 12.0 Å². The van der Waals surface area contributed by atoms with E-state index in [0.717, 1.165) is 4.47 Å². The molecule has 0 spiro atoms. The van der Waals surface area contributed by atoms with Crippen LogP contribution in [0, 0.1) is 6.92 Å². The number of esters is 1. The van der Waals surface area contributed by atoms with Crippen molar-refractivity contribution in [3.63, 3.8) is 0 Å². The molecule has 1 atom stereocenters. The molecule has 9 heteroatoms. The van der Waals surface area contributed by atoms with E-state index in [1.54, 1.807) is 39.0 Å². The maximum Gasteiger partial charge on any atom is 0.319 e. The molecule has 0 aliphatic rings. The molecule has 29 heavy (non-hydrogen) atoms. The zero-order chi connectivity index (χ0) is 21.6. The van der Waals surface area contributed by atoms with E-state index < -0.39 is 23.6 Å². The Hall–Kier alpha value is -2.81. The predicted molar refractivity (Wildman–Crippen MR) is 113 cm³/mol. The molecule has 156 valence electrons. The van der Waals surface area contributed by atoms with Gasteiger partial charge in [0.25, 0.3) is 5.56 Å². The highest BCUT2D eigenvalue weighted by Crippen LogP contribution is 2.24. The van der Waals surface area contributed by atoms with Crippen LogP contribution in [0.1, 0.15) is 37.4 Å². The Kier molecular flexibility index (Phi) is 7.83. The average Bonchev–Trinajstić information content (AvgIpc) is 2.67. The van der Waals surface area contributed by atoms with Gasteiger partial charge in [0.15, 0.2) is 5.69 Å². The third kappa shape index (κ3) is 5.83. The molecule has 0 saturated heterocycles. The molecule has 2 aromatic rings. The van der Waals surface area contributed by atoms with Crippen molar-refractivity contribution in [1.29, 1.82) is 0 Å². The van der Waals surface area contributed by atoms with Crippen LogP contribution in [-0.4, -0.2) is 28.3 Å². The molecular formula is C20H24BrN3O5. The summed E-state index contributed by atoms with van der Waals surface area (Å²) in [5, 5.41) is 15.3. The van der Waals surface area contributed by atoms with Crippen molar-refractivity contribution in [2.24, 2.45) is 0 Å². The number of pyridine rings is 1. The summed E-state index contributed by atoms with van der Waals surface area (Å²) in [5.74, 6) is -0.760. The first kappa shape index (κ1) is 22.5. The van der Waals surface area contributed by atoms with Crippen LogP contribution in [0.2, 0.25) is 0 Å². The summed E-state index contributed by atoms with van der Waals surface area (Å²) in [6, 6.07) is 5.74. The Bertz CT molecular complexity index is 958. The number of halogens is 1. The molecule has 0 aliphatic carbocycles. The first-order valence-electron chi connectivity index (χ1n) is 9.18. The molecule has 1 heterocycles. The second kappa shape index (κ2) is 10.1. The monoisotopic (exact) mass is 465 g/mol. The summed E-state index contributed by atoms with van der Waals surface area (Å²) in [6.07, 6.45) is 1.43. The van der Waals surface area contributed by atoms with Crippen LogP contribution in [0.15, 0.2) is 39.7 Å². The van der Waals surface area contributed by atoms with Crippen LogP contribution in [0.25, 0.3) is 0 Å². The largest absolute Gasteiger partial charge is 0.505 e. The summed E-state index contributed by atoms with van der Waals surface area (Å²) in [6.45, 7) is 5.73. The van der Waals surface area contributed by atoms with Gasteiger partial charge in [0, 0.05) is 22.8 Å². The van der Waals surface area contributed by atoms with E-state index in [9.17, 15) is 19.5 Å². The number of rotatable bonds is 7. The van der Waals surface area contributed by atoms with E-state index in [-0.39, 0.29) is 24.5 Å². The molecule has 0 bridgehead atoms. The Balaban J connectivity index is 2.27. The smallest absolute Gasteiger partial charge is 0.319 e. The number of hydrogen-bond donors (Lipinski definition) is 3. The van der Waals surface area contributed by atoms with E-state index >= 15 is 0 Å². The third-order valence-corrected chi connectivity index (χ3v) is 4.74. The topological polar surface area (TPSA) is 110 Å². The number of nitrogens with zero attached hydrogens (tertiary/aromatic N) is 1. The minimum absolute atomic E-state index is 0.0866. The second-order valence-corrected chi connectivity index (χ2v) is 7.26. The lowest BCUT2D eigenvalue weighted by Gasteiger charge is -2.20. The Morgan fingerprint density at radius 3 is 2.66 bits per heavy atom. The van der Waals surface area contributed by atoms with Gasteiger partial charge in [-0.2, -0.15) is 0 Å². The molecule has 1 unspecified atom stereocenters. The SMILES string of the molecule is CCOC(=O)CC(NC(=O)Nc1c(O)c(C)cn(CC)c1=O)c1cccc(Br)c1. The van der Waals surface area contributed by atoms with Gasteiger partial charge < -0.3 is 25.0 Å². The van der Waals surface area contributed by atoms with E-state index in [1.165, 1.54) is 10.8 Å². The summed E-state index contributed by atoms with van der Waals surface area (Å²) in [7, 11) is 0. The van der Waals surface area contributed by atoms with Crippen molar-refractivity contribution in [2.45, 2.75) is 39.8 Å². The van der Waals surface area contributed by atoms with Gasteiger partial charge in [0.2, 0.25) is 0 Å². The summed E-state index contributed by atoms with van der Waals surface area (Å²) in [5.41, 5.74) is 0.405. The van der Waals surface area contributed by atoms with Gasteiger partial charge in [-0.1, -0.05) is 28.1 Å². The van der Waals surface area contributed by atoms with Crippen LogP contribution in [0.5, 0.6) is 5.75 Å². The molecule has 8 nitrogen and oxygen atoms in total. The van der Waals surface area contributed by atoms with E-state index in [4.69, 9.17) is 4.74 Å². The van der Waals surface area contributed by atoms with Crippen LogP contribution in [0.4, 0.5) is 10.5 Å². The highest BCUT2D eigenvalue weighted by atomic mass is 79.9. The summed E-state index contributed by atoms with van der Waals surface area (Å²) in [4.78, 5) is 37.0. The molecule has 0 fully saturated rings. The fourth-order valence-electron chi connectivity index (χ4n) is 2.81. The summed E-state index contributed by atoms with van der Waals surface area (Å²) >= 11 is 3.37. The van der Waals surface area contributed by atoms with Gasteiger partial charge in [0.05, 0.1) is 19.1 Å². The minimum Gasteiger partial charge on any atom is -0.505 e. The first-order chi connectivity index (χ1) is 13.8. The zero-order valence-corrected chi connectivity index (χ0v) is 18.1. The number of nitrogens with one attached hydrogen (secondary N) is 2. The van der Waals surface area contributed by atoms with E-state index in [0.29, 0.717) is 17.7 Å². The number of aryl methyl sites for hydroxylation is 2. The predicted octanol–water partition coefficient (Wildman–Crippen LogP) is 3.46. The molecule has 1 aromatic heterocycles. The second-order valence-electron chi connectivity index (χ2n) is 6.34. The van der Waals surface area contributed by atoms with Crippen molar-refractivity contribution in [1.82, 2.24) is 9.88 Å². The Morgan fingerprint density at radius 2 is 2.03 bits per heavy atom. The fraction of sp³-hybridized carbons (Fsp3) is 0.350. The third-order valence-electron chi connectivity index (χ3n) is 4.25. The molecule has 0 aliphatic heterocycles. The number of amides is 2. The number of carbonyl (C=O) groups is 2. The zero-order valence-electron chi connectivity index (χ0n) is 16.5. The first-order valence-corrected chi connectivity index (χ1v) is 9.97. The molecule has 0 radical (unpaired) electrons. The van der Waals surface area contributed by atoms with Gasteiger partial charge in [-0.3, -0.25) is 9.59 Å². The van der Waals surface area contributed by atoms with Crippen LogP contribution in [-0.2, 0) is 16.1 Å². The van der Waals surface area contributed by atoms with Crippen molar-refractivity contribution in [2.75, 3.05) is 11.9 Å². The number of urea groups is 1. The van der Waals surface area contributed by atoms with Crippen LogP contribution in [0.3, 0.4) is 0 Å². The number of aromatic hydroxyl groups is 1. The van der Waals surface area contributed by atoms with Gasteiger partial charge in [-0.05, 0) is 38.5 Å². The lowest BCUT2D eigenvalue weighted by molar-refractivity contribution is -0.143. The van der Waals surface area contributed by atoms with Gasteiger partial charge in [-0.25, -0.2) is 4.79 Å². The maximum absolute atomic E-state index is 12.6. The molecular weight excluding hydrogens is 442 g/mol. The molecule has 1 aromatic carbocycles. The highest BCUT2D eigenvalue weighted by Gasteiger charge is 2.22. The lowest BCUT2D eigenvalue weighted by Crippen LogP contribution is -2.36. The molecule has 2 rings (SSSR count). The van der Waals surface area contributed by atoms with Crippen molar-refractivity contribution in [3.8, 4) is 5.75 Å². The van der Waals surface area contributed by atoms with Crippen LogP contribution < -0.4 is 16.2 Å². The average molecular weight is 466 g/mol. The minimum atomic E-state index is -0.722. The normalized spacial score (nSPS) is 11.6. The lowest BCUT2D eigenvalue weighted by atomic mass is 10.0. The molecule has 2 amide bonds. The van der Waals surface area contributed by atoms with Gasteiger partial charge in [0.1, 0.15) is 5.75 Å². The number of anilines is 1. The fourth-order valence-corrected chi connectivity index (χ4v) is 3.23. The molecule has 0 saturated carbocycles. The number of benzene rings is 1. The summed E-state index contributed by atoms with van der Waals surface area (Å²) < 4.78 is 7.16. The number of aromatic nitrogens is 1. The number of hydrogen-bond acceptors (Lipinski definition) is 5. The van der Waals surface area contributed by atoms with Crippen LogP contribution >= 0.6 is 15.9 Å². The van der Waals surface area contributed by atoms with Crippen molar-refractivity contribution >= 4 is 33.6 Å². The van der Waals surface area contributed by atoms with Crippen molar-refractivity contribution in [3.05, 3.63) is 56.4 Å². The Morgan fingerprint density at radius 1 is 1.31 bits per heavy atom. The molecule has 3 N–H and O–H groups in total. The number of carbonyl (C=O) groups excluding carboxylic acids is 2.